The summed E-state index contributed by atoms with van der Waals surface area (Å²) in [5.41, 5.74) is 3.58. The van der Waals surface area contributed by atoms with E-state index in [1.54, 1.807) is 30.0 Å². The van der Waals surface area contributed by atoms with Gasteiger partial charge in [0.1, 0.15) is 6.04 Å². The monoisotopic (exact) mass is 406 g/mol. The van der Waals surface area contributed by atoms with Crippen molar-refractivity contribution in [3.05, 3.63) is 64.2 Å². The predicted octanol–water partition coefficient (Wildman–Crippen LogP) is 3.39. The van der Waals surface area contributed by atoms with E-state index in [1.807, 2.05) is 25.1 Å². The van der Waals surface area contributed by atoms with E-state index in [0.717, 1.165) is 28.1 Å². The zero-order chi connectivity index (χ0) is 19.8. The molecule has 27 heavy (non-hydrogen) atoms. The summed E-state index contributed by atoms with van der Waals surface area (Å²) in [7, 11) is -3.66. The Hall–Kier alpha value is -2.05. The van der Waals surface area contributed by atoms with Crippen LogP contribution in [0.1, 0.15) is 23.6 Å². The highest BCUT2D eigenvalue weighted by molar-refractivity contribution is 7.92. The molecular weight excluding hydrogens is 384 g/mol. The number of benzene rings is 2. The molecule has 1 aliphatic rings. The molecule has 0 aliphatic carbocycles. The van der Waals surface area contributed by atoms with Gasteiger partial charge in [0.2, 0.25) is 15.9 Å². The molecule has 2 aromatic rings. The molecule has 1 atom stereocenters. The molecule has 1 heterocycles. The average molecular weight is 407 g/mol. The molecule has 0 spiro atoms. The smallest absolute Gasteiger partial charge is 0.246 e. The highest BCUT2D eigenvalue weighted by atomic mass is 35.5. The summed E-state index contributed by atoms with van der Waals surface area (Å²) in [6.07, 6.45) is 1.87. The molecule has 0 bridgehead atoms. The number of nitrogens with zero attached hydrogens (tertiary/aromatic N) is 2. The second-order valence-corrected chi connectivity index (χ2v) is 9.21. The summed E-state index contributed by atoms with van der Waals surface area (Å²) in [5.74, 6) is -0.216. The van der Waals surface area contributed by atoms with Gasteiger partial charge in [0.05, 0.1) is 11.9 Å². The Balaban J connectivity index is 1.89. The molecule has 5 nitrogen and oxygen atoms in total. The zero-order valence-electron chi connectivity index (χ0n) is 15.6. The summed E-state index contributed by atoms with van der Waals surface area (Å²) >= 11 is 6.18. The van der Waals surface area contributed by atoms with Crippen LogP contribution in [0, 0.1) is 6.92 Å². The summed E-state index contributed by atoms with van der Waals surface area (Å²) in [4.78, 5) is 14.8. The van der Waals surface area contributed by atoms with Crippen LogP contribution in [0.3, 0.4) is 0 Å². The number of amides is 1. The summed E-state index contributed by atoms with van der Waals surface area (Å²) in [6, 6.07) is 12.2. The van der Waals surface area contributed by atoms with Crippen molar-refractivity contribution in [3.63, 3.8) is 0 Å². The number of sulfonamides is 1. The molecule has 0 N–H and O–H groups in total. The molecular formula is C20H23ClN2O3S. The molecule has 144 valence electrons. The SMILES string of the molecule is Cc1ccc(N([C@@H](C)C(=O)N2CCc3ccccc3C2)S(C)(=O)=O)cc1Cl. The van der Waals surface area contributed by atoms with Gasteiger partial charge < -0.3 is 4.90 Å². The number of fused-ring (bicyclic) bond motifs is 1. The van der Waals surface area contributed by atoms with Gasteiger partial charge in [-0.3, -0.25) is 9.10 Å². The highest BCUT2D eigenvalue weighted by Crippen LogP contribution is 2.28. The molecule has 0 radical (unpaired) electrons. The van der Waals surface area contributed by atoms with Gasteiger partial charge in [0.25, 0.3) is 0 Å². The topological polar surface area (TPSA) is 57.7 Å². The van der Waals surface area contributed by atoms with E-state index < -0.39 is 16.1 Å². The van der Waals surface area contributed by atoms with Crippen molar-refractivity contribution >= 4 is 33.2 Å². The van der Waals surface area contributed by atoms with Crippen molar-refractivity contribution in [1.29, 1.82) is 0 Å². The Bertz CT molecular complexity index is 975. The number of aryl methyl sites for hydroxylation is 1. The maximum Gasteiger partial charge on any atom is 0.246 e. The molecule has 0 unspecified atom stereocenters. The number of carbonyl (C=O) groups excluding carboxylic acids is 1. The van der Waals surface area contributed by atoms with Gasteiger partial charge in [-0.25, -0.2) is 8.42 Å². The lowest BCUT2D eigenvalue weighted by Crippen LogP contribution is -2.50. The lowest BCUT2D eigenvalue weighted by Gasteiger charge is -2.35. The molecule has 3 rings (SSSR count). The van der Waals surface area contributed by atoms with Crippen molar-refractivity contribution in [2.75, 3.05) is 17.1 Å². The lowest BCUT2D eigenvalue weighted by atomic mass is 9.99. The minimum atomic E-state index is -3.66. The maximum absolute atomic E-state index is 13.1. The van der Waals surface area contributed by atoms with Crippen molar-refractivity contribution in [2.24, 2.45) is 0 Å². The zero-order valence-corrected chi connectivity index (χ0v) is 17.2. The first-order chi connectivity index (χ1) is 12.7. The molecule has 1 aliphatic heterocycles. The number of anilines is 1. The first kappa shape index (κ1) is 19.7. The van der Waals surface area contributed by atoms with Crippen molar-refractivity contribution < 1.29 is 13.2 Å². The van der Waals surface area contributed by atoms with Crippen molar-refractivity contribution in [1.82, 2.24) is 4.90 Å². The standard InChI is InChI=1S/C20H23ClN2O3S/c1-14-8-9-18(12-19(14)21)23(27(3,25)26)15(2)20(24)22-11-10-16-6-4-5-7-17(16)13-22/h4-9,12,15H,10-11,13H2,1-3H3/t15-/m0/s1. The number of carbonyl (C=O) groups is 1. The van der Waals surface area contributed by atoms with Gasteiger partial charge in [0, 0.05) is 18.1 Å². The van der Waals surface area contributed by atoms with Crippen LogP contribution >= 0.6 is 11.6 Å². The fraction of sp³-hybridized carbons (Fsp3) is 0.350. The first-order valence-corrected chi connectivity index (χ1v) is 11.0. The third-order valence-electron chi connectivity index (χ3n) is 4.92. The largest absolute Gasteiger partial charge is 0.336 e. The van der Waals surface area contributed by atoms with Crippen LogP contribution in [0.15, 0.2) is 42.5 Å². The van der Waals surface area contributed by atoms with Crippen LogP contribution in [0.25, 0.3) is 0 Å². The first-order valence-electron chi connectivity index (χ1n) is 8.79. The molecule has 0 fully saturated rings. The summed E-state index contributed by atoms with van der Waals surface area (Å²) in [6.45, 7) is 4.53. The fourth-order valence-corrected chi connectivity index (χ4v) is 4.81. The summed E-state index contributed by atoms with van der Waals surface area (Å²) in [5, 5.41) is 0.465. The van der Waals surface area contributed by atoms with Gasteiger partial charge in [-0.2, -0.15) is 0 Å². The maximum atomic E-state index is 13.1. The second kappa shape index (κ2) is 7.52. The molecule has 0 aromatic heterocycles. The normalized spacial score (nSPS) is 15.2. The molecule has 0 saturated heterocycles. The van der Waals surface area contributed by atoms with E-state index >= 15 is 0 Å². The van der Waals surface area contributed by atoms with Crippen LogP contribution in [0.2, 0.25) is 5.02 Å². The van der Waals surface area contributed by atoms with Crippen LogP contribution < -0.4 is 4.31 Å². The van der Waals surface area contributed by atoms with E-state index in [1.165, 1.54) is 5.56 Å². The van der Waals surface area contributed by atoms with Gasteiger partial charge >= 0.3 is 0 Å². The lowest BCUT2D eigenvalue weighted by molar-refractivity contribution is -0.132. The van der Waals surface area contributed by atoms with Gasteiger partial charge in [-0.05, 0) is 49.1 Å². The van der Waals surface area contributed by atoms with E-state index in [9.17, 15) is 13.2 Å². The second-order valence-electron chi connectivity index (χ2n) is 6.95. The number of rotatable bonds is 4. The summed E-state index contributed by atoms with van der Waals surface area (Å²) < 4.78 is 26.1. The van der Waals surface area contributed by atoms with Crippen molar-refractivity contribution in [3.8, 4) is 0 Å². The van der Waals surface area contributed by atoms with E-state index in [2.05, 4.69) is 6.07 Å². The van der Waals surface area contributed by atoms with Crippen molar-refractivity contribution in [2.45, 2.75) is 32.9 Å². The number of hydrogen-bond acceptors (Lipinski definition) is 3. The van der Waals surface area contributed by atoms with Crippen LogP contribution in [-0.4, -0.2) is 38.1 Å². The third-order valence-corrected chi connectivity index (χ3v) is 6.57. The molecule has 2 aromatic carbocycles. The minimum absolute atomic E-state index is 0.216. The van der Waals surface area contributed by atoms with E-state index in [-0.39, 0.29) is 5.91 Å². The quantitative estimate of drug-likeness (QED) is 0.782. The third kappa shape index (κ3) is 4.12. The van der Waals surface area contributed by atoms with E-state index in [0.29, 0.717) is 23.8 Å². The average Bonchev–Trinajstić information content (AvgIpc) is 2.62. The Labute approximate surface area is 165 Å². The number of halogens is 1. The van der Waals surface area contributed by atoms with Gasteiger partial charge in [0.15, 0.2) is 0 Å². The molecule has 7 heteroatoms. The fourth-order valence-electron chi connectivity index (χ4n) is 3.47. The van der Waals surface area contributed by atoms with Gasteiger partial charge in [-0.1, -0.05) is 41.9 Å². The Morgan fingerprint density at radius 2 is 1.85 bits per heavy atom. The van der Waals surface area contributed by atoms with Crippen LogP contribution in [-0.2, 0) is 27.8 Å². The predicted molar refractivity (Wildman–Crippen MR) is 109 cm³/mol. The Kier molecular flexibility index (Phi) is 5.49. The van der Waals surface area contributed by atoms with Crippen LogP contribution in [0.4, 0.5) is 5.69 Å². The molecule has 0 saturated carbocycles. The van der Waals surface area contributed by atoms with Gasteiger partial charge in [-0.15, -0.1) is 0 Å². The van der Waals surface area contributed by atoms with E-state index in [4.69, 9.17) is 11.6 Å². The highest BCUT2D eigenvalue weighted by Gasteiger charge is 2.33. The number of hydrogen-bond donors (Lipinski definition) is 0. The molecule has 1 amide bonds. The van der Waals surface area contributed by atoms with Crippen LogP contribution in [0.5, 0.6) is 0 Å². The Morgan fingerprint density at radius 3 is 2.48 bits per heavy atom. The minimum Gasteiger partial charge on any atom is -0.336 e. The Morgan fingerprint density at radius 1 is 1.19 bits per heavy atom.